The Balaban J connectivity index is 2.84. The molecular formula is C14H17FN2O2. The average Bonchev–Trinajstić information content (AvgIpc) is 2.27. The quantitative estimate of drug-likeness (QED) is 0.853. The third-order valence-corrected chi connectivity index (χ3v) is 2.26. The lowest BCUT2D eigenvalue weighted by Gasteiger charge is -2.23. The maximum Gasteiger partial charge on any atom is 0.328 e. The van der Waals surface area contributed by atoms with Gasteiger partial charge < -0.3 is 10.1 Å². The van der Waals surface area contributed by atoms with Crippen molar-refractivity contribution < 1.29 is 13.9 Å². The Morgan fingerprint density at radius 2 is 2.11 bits per heavy atom. The molecule has 0 aliphatic carbocycles. The van der Waals surface area contributed by atoms with Crippen LogP contribution < -0.4 is 5.32 Å². The topological polar surface area (TPSA) is 62.1 Å². The first-order valence-corrected chi connectivity index (χ1v) is 5.92. The number of esters is 1. The van der Waals surface area contributed by atoms with Gasteiger partial charge in [0.25, 0.3) is 0 Å². The first-order valence-electron chi connectivity index (χ1n) is 5.92. The summed E-state index contributed by atoms with van der Waals surface area (Å²) in [6.45, 7) is 6.89. The van der Waals surface area contributed by atoms with Crippen LogP contribution in [0.5, 0.6) is 0 Å². The largest absolute Gasteiger partial charge is 0.458 e. The van der Waals surface area contributed by atoms with Gasteiger partial charge in [-0.2, -0.15) is 5.26 Å². The first-order chi connectivity index (χ1) is 8.74. The molecule has 19 heavy (non-hydrogen) atoms. The zero-order chi connectivity index (χ0) is 14.6. The SMILES string of the molecule is CC(Nc1cccc(F)c1C#N)C(=O)OC(C)(C)C. The standard InChI is InChI=1S/C14H17FN2O2/c1-9(13(18)19-14(2,3)4)17-12-7-5-6-11(15)10(12)8-16/h5-7,9,17H,1-4H3. The van der Waals surface area contributed by atoms with E-state index in [9.17, 15) is 9.18 Å². The third kappa shape index (κ3) is 4.25. The van der Waals surface area contributed by atoms with Crippen molar-refractivity contribution in [2.75, 3.05) is 5.32 Å². The van der Waals surface area contributed by atoms with Crippen molar-refractivity contribution in [3.8, 4) is 6.07 Å². The summed E-state index contributed by atoms with van der Waals surface area (Å²) >= 11 is 0. The van der Waals surface area contributed by atoms with Crippen molar-refractivity contribution >= 4 is 11.7 Å². The Kier molecular flexibility index (Phi) is 4.49. The van der Waals surface area contributed by atoms with Gasteiger partial charge in [0.1, 0.15) is 29.1 Å². The number of hydrogen-bond donors (Lipinski definition) is 1. The molecule has 0 saturated heterocycles. The highest BCUT2D eigenvalue weighted by Gasteiger charge is 2.22. The number of benzene rings is 1. The van der Waals surface area contributed by atoms with Crippen LogP contribution in [0.3, 0.4) is 0 Å². The molecule has 5 heteroatoms. The fourth-order valence-corrected chi connectivity index (χ4v) is 1.44. The van der Waals surface area contributed by atoms with E-state index in [4.69, 9.17) is 10.00 Å². The Labute approximate surface area is 112 Å². The average molecular weight is 264 g/mol. The second-order valence-electron chi connectivity index (χ2n) is 5.17. The van der Waals surface area contributed by atoms with E-state index in [1.165, 1.54) is 12.1 Å². The van der Waals surface area contributed by atoms with Crippen molar-refractivity contribution in [2.45, 2.75) is 39.3 Å². The molecule has 0 aliphatic rings. The summed E-state index contributed by atoms with van der Waals surface area (Å²) in [4.78, 5) is 11.8. The molecular weight excluding hydrogens is 247 g/mol. The van der Waals surface area contributed by atoms with Gasteiger partial charge in [0.2, 0.25) is 0 Å². The molecule has 0 amide bonds. The molecule has 0 bridgehead atoms. The third-order valence-electron chi connectivity index (χ3n) is 2.26. The van der Waals surface area contributed by atoms with Crippen LogP contribution in [0.4, 0.5) is 10.1 Å². The number of hydrogen-bond acceptors (Lipinski definition) is 4. The van der Waals surface area contributed by atoms with E-state index in [-0.39, 0.29) is 11.3 Å². The molecule has 0 fully saturated rings. The maximum absolute atomic E-state index is 13.4. The Bertz CT molecular complexity index is 515. The highest BCUT2D eigenvalue weighted by molar-refractivity contribution is 5.80. The number of nitrogens with one attached hydrogen (secondary N) is 1. The summed E-state index contributed by atoms with van der Waals surface area (Å²) < 4.78 is 18.6. The smallest absolute Gasteiger partial charge is 0.328 e. The van der Waals surface area contributed by atoms with Crippen molar-refractivity contribution in [3.05, 3.63) is 29.6 Å². The van der Waals surface area contributed by atoms with Crippen LogP contribution in [0.2, 0.25) is 0 Å². The summed E-state index contributed by atoms with van der Waals surface area (Å²) in [5, 5.41) is 11.7. The molecule has 0 radical (unpaired) electrons. The molecule has 0 spiro atoms. The number of anilines is 1. The van der Waals surface area contributed by atoms with Crippen LogP contribution in [-0.4, -0.2) is 17.6 Å². The second-order valence-corrected chi connectivity index (χ2v) is 5.17. The van der Waals surface area contributed by atoms with Crippen LogP contribution in [0.25, 0.3) is 0 Å². The minimum atomic E-state index is -0.673. The van der Waals surface area contributed by atoms with E-state index in [0.717, 1.165) is 0 Å². The number of carbonyl (C=O) groups excluding carboxylic acids is 1. The van der Waals surface area contributed by atoms with E-state index in [0.29, 0.717) is 0 Å². The van der Waals surface area contributed by atoms with Gasteiger partial charge in [-0.3, -0.25) is 0 Å². The van der Waals surface area contributed by atoms with Crippen LogP contribution in [0.1, 0.15) is 33.3 Å². The molecule has 0 saturated carbocycles. The maximum atomic E-state index is 13.4. The number of nitriles is 1. The molecule has 1 N–H and O–H groups in total. The minimum Gasteiger partial charge on any atom is -0.458 e. The molecule has 0 aliphatic heterocycles. The lowest BCUT2D eigenvalue weighted by atomic mass is 10.1. The zero-order valence-corrected chi connectivity index (χ0v) is 11.5. The summed E-state index contributed by atoms with van der Waals surface area (Å²) in [6.07, 6.45) is 0. The highest BCUT2D eigenvalue weighted by atomic mass is 19.1. The van der Waals surface area contributed by atoms with Gasteiger partial charge in [0, 0.05) is 0 Å². The predicted octanol–water partition coefficient (Wildman–Crippen LogP) is 2.84. The summed E-state index contributed by atoms with van der Waals surface area (Å²) in [6, 6.07) is 5.31. The lowest BCUT2D eigenvalue weighted by Crippen LogP contribution is -2.34. The lowest BCUT2D eigenvalue weighted by molar-refractivity contribution is -0.155. The Morgan fingerprint density at radius 3 is 2.63 bits per heavy atom. The van der Waals surface area contributed by atoms with Crippen LogP contribution in [0, 0.1) is 17.1 Å². The number of nitrogens with zero attached hydrogens (tertiary/aromatic N) is 1. The van der Waals surface area contributed by atoms with Crippen molar-refractivity contribution in [1.29, 1.82) is 5.26 Å². The van der Waals surface area contributed by atoms with E-state index < -0.39 is 23.4 Å². The molecule has 1 aromatic rings. The van der Waals surface area contributed by atoms with Gasteiger partial charge in [-0.15, -0.1) is 0 Å². The van der Waals surface area contributed by atoms with Crippen molar-refractivity contribution in [3.63, 3.8) is 0 Å². The van der Waals surface area contributed by atoms with Gasteiger partial charge >= 0.3 is 5.97 Å². The van der Waals surface area contributed by atoms with Gasteiger partial charge in [-0.05, 0) is 39.8 Å². The number of rotatable bonds is 3. The van der Waals surface area contributed by atoms with E-state index in [1.807, 2.05) is 0 Å². The summed E-state index contributed by atoms with van der Waals surface area (Å²) in [5.41, 5.74) is -0.425. The van der Waals surface area contributed by atoms with Crippen LogP contribution in [-0.2, 0) is 9.53 Å². The zero-order valence-electron chi connectivity index (χ0n) is 11.5. The van der Waals surface area contributed by atoms with Gasteiger partial charge in [0.15, 0.2) is 0 Å². The fourth-order valence-electron chi connectivity index (χ4n) is 1.44. The second kappa shape index (κ2) is 5.70. The first kappa shape index (κ1) is 15.0. The van der Waals surface area contributed by atoms with Crippen molar-refractivity contribution in [1.82, 2.24) is 0 Å². The normalized spacial score (nSPS) is 12.4. The molecule has 1 atom stereocenters. The van der Waals surface area contributed by atoms with E-state index in [1.54, 1.807) is 39.8 Å². The molecule has 1 aromatic carbocycles. The summed E-state index contributed by atoms with van der Waals surface area (Å²) in [5.74, 6) is -1.08. The molecule has 102 valence electrons. The molecule has 0 aromatic heterocycles. The predicted molar refractivity (Wildman–Crippen MR) is 70.0 cm³/mol. The Morgan fingerprint density at radius 1 is 1.47 bits per heavy atom. The molecule has 0 heterocycles. The van der Waals surface area contributed by atoms with Gasteiger partial charge in [-0.1, -0.05) is 6.07 Å². The summed E-state index contributed by atoms with van der Waals surface area (Å²) in [7, 11) is 0. The van der Waals surface area contributed by atoms with Crippen molar-refractivity contribution in [2.24, 2.45) is 0 Å². The molecule has 4 nitrogen and oxygen atoms in total. The number of carbonyl (C=O) groups is 1. The van der Waals surface area contributed by atoms with Gasteiger partial charge in [0.05, 0.1) is 5.69 Å². The number of halogens is 1. The Hall–Kier alpha value is -2.09. The van der Waals surface area contributed by atoms with Gasteiger partial charge in [-0.25, -0.2) is 9.18 Å². The fraction of sp³-hybridized carbons (Fsp3) is 0.429. The molecule has 1 rings (SSSR count). The van der Waals surface area contributed by atoms with Crippen LogP contribution in [0.15, 0.2) is 18.2 Å². The monoisotopic (exact) mass is 264 g/mol. The van der Waals surface area contributed by atoms with E-state index in [2.05, 4.69) is 5.32 Å². The number of ether oxygens (including phenoxy) is 1. The van der Waals surface area contributed by atoms with E-state index >= 15 is 0 Å². The minimum absolute atomic E-state index is 0.113. The van der Waals surface area contributed by atoms with Crippen LogP contribution >= 0.6 is 0 Å². The highest BCUT2D eigenvalue weighted by Crippen LogP contribution is 2.19. The molecule has 1 unspecified atom stereocenters.